The number of benzene rings is 1. The third kappa shape index (κ3) is 3.44. The van der Waals surface area contributed by atoms with Crippen molar-refractivity contribution in [3.8, 4) is 0 Å². The molecule has 5 heteroatoms. The van der Waals surface area contributed by atoms with Gasteiger partial charge in [-0.2, -0.15) is 0 Å². The van der Waals surface area contributed by atoms with E-state index >= 15 is 0 Å². The third-order valence-electron chi connectivity index (χ3n) is 4.40. The van der Waals surface area contributed by atoms with E-state index in [-0.39, 0.29) is 6.04 Å². The number of rotatable bonds is 5. The van der Waals surface area contributed by atoms with Crippen LogP contribution in [0.4, 0.5) is 0 Å². The fraction of sp³-hybridized carbons (Fsp3) is 0.389. The summed E-state index contributed by atoms with van der Waals surface area (Å²) in [6.07, 6.45) is 2.64. The van der Waals surface area contributed by atoms with Gasteiger partial charge >= 0.3 is 5.97 Å². The molecule has 0 bridgehead atoms. The monoisotopic (exact) mass is 349 g/mol. The molecule has 1 saturated heterocycles. The maximum Gasteiger partial charge on any atom is 0.320 e. The van der Waals surface area contributed by atoms with Crippen LogP contribution in [0.2, 0.25) is 5.02 Å². The van der Waals surface area contributed by atoms with E-state index in [1.165, 1.54) is 9.75 Å². The summed E-state index contributed by atoms with van der Waals surface area (Å²) in [4.78, 5) is 16.3. The number of aryl methyl sites for hydroxylation is 1. The van der Waals surface area contributed by atoms with E-state index in [9.17, 15) is 9.90 Å². The van der Waals surface area contributed by atoms with Crippen LogP contribution in [0.3, 0.4) is 0 Å². The second kappa shape index (κ2) is 7.04. The largest absolute Gasteiger partial charge is 0.480 e. The molecule has 0 radical (unpaired) electrons. The van der Waals surface area contributed by atoms with Gasteiger partial charge in [0.1, 0.15) is 6.04 Å². The Hall–Kier alpha value is -1.36. The van der Waals surface area contributed by atoms with Crippen LogP contribution >= 0.6 is 22.9 Å². The molecule has 0 amide bonds. The molecule has 1 aliphatic heterocycles. The molecule has 1 fully saturated rings. The van der Waals surface area contributed by atoms with E-state index in [0.717, 1.165) is 24.9 Å². The van der Waals surface area contributed by atoms with E-state index in [1.807, 2.05) is 24.3 Å². The normalized spacial score (nSPS) is 19.8. The fourth-order valence-electron chi connectivity index (χ4n) is 3.26. The number of aliphatic carboxylic acids is 1. The number of halogens is 1. The maximum atomic E-state index is 11.6. The molecule has 122 valence electrons. The van der Waals surface area contributed by atoms with Crippen LogP contribution in [0.15, 0.2) is 36.4 Å². The predicted molar refractivity (Wildman–Crippen MR) is 94.4 cm³/mol. The Morgan fingerprint density at radius 3 is 2.70 bits per heavy atom. The Kier molecular flexibility index (Phi) is 5.05. The van der Waals surface area contributed by atoms with Gasteiger partial charge in [-0.15, -0.1) is 11.3 Å². The first-order valence-corrected chi connectivity index (χ1v) is 9.12. The number of thiophene rings is 1. The second-order valence-corrected chi connectivity index (χ2v) is 7.48. The smallest absolute Gasteiger partial charge is 0.320 e. The molecule has 2 atom stereocenters. The Labute approximate surface area is 145 Å². The van der Waals surface area contributed by atoms with E-state index < -0.39 is 12.0 Å². The zero-order valence-electron chi connectivity index (χ0n) is 13.0. The first-order valence-electron chi connectivity index (χ1n) is 7.92. The van der Waals surface area contributed by atoms with Crippen LogP contribution in [0.5, 0.6) is 0 Å². The highest BCUT2D eigenvalue weighted by Gasteiger charge is 2.37. The van der Waals surface area contributed by atoms with Gasteiger partial charge in [-0.25, -0.2) is 0 Å². The third-order valence-corrected chi connectivity index (χ3v) is 5.93. The summed E-state index contributed by atoms with van der Waals surface area (Å²) in [6, 6.07) is 11.6. The zero-order valence-corrected chi connectivity index (χ0v) is 14.6. The lowest BCUT2D eigenvalue weighted by molar-refractivity contribution is -0.142. The van der Waals surface area contributed by atoms with Crippen molar-refractivity contribution in [3.05, 3.63) is 56.7 Å². The summed E-state index contributed by atoms with van der Waals surface area (Å²) in [6.45, 7) is 2.95. The number of carboxylic acids is 1. The number of hydrogen-bond donors (Lipinski definition) is 1. The lowest BCUT2D eigenvalue weighted by Gasteiger charge is -2.31. The van der Waals surface area contributed by atoms with Gasteiger partial charge in [0.05, 0.1) is 6.04 Å². The SMILES string of the molecule is CCc1ccc(C(c2ccc(Cl)cc2)N2CCCC2C(=O)O)s1. The molecule has 2 unspecified atom stereocenters. The number of carboxylic acid groups (broad SMARTS) is 1. The summed E-state index contributed by atoms with van der Waals surface area (Å²) in [5.74, 6) is -0.728. The topological polar surface area (TPSA) is 40.5 Å². The molecule has 1 aromatic carbocycles. The second-order valence-electron chi connectivity index (χ2n) is 5.85. The number of hydrogen-bond acceptors (Lipinski definition) is 3. The van der Waals surface area contributed by atoms with E-state index in [4.69, 9.17) is 11.6 Å². The Balaban J connectivity index is 2.02. The Bertz CT molecular complexity index is 683. The van der Waals surface area contributed by atoms with Crippen LogP contribution in [0.25, 0.3) is 0 Å². The molecule has 3 rings (SSSR count). The number of likely N-dealkylation sites (tertiary alicyclic amines) is 1. The minimum Gasteiger partial charge on any atom is -0.480 e. The van der Waals surface area contributed by atoms with E-state index in [1.54, 1.807) is 11.3 Å². The Morgan fingerprint density at radius 1 is 1.35 bits per heavy atom. The molecule has 23 heavy (non-hydrogen) atoms. The summed E-state index contributed by atoms with van der Waals surface area (Å²) >= 11 is 7.80. The highest BCUT2D eigenvalue weighted by molar-refractivity contribution is 7.12. The van der Waals surface area contributed by atoms with E-state index in [0.29, 0.717) is 11.4 Å². The molecule has 1 N–H and O–H groups in total. The van der Waals surface area contributed by atoms with Gasteiger partial charge in [0.15, 0.2) is 0 Å². The van der Waals surface area contributed by atoms with Crippen molar-refractivity contribution in [2.75, 3.05) is 6.54 Å². The standard InChI is InChI=1S/C18H20ClNO2S/c1-2-14-9-10-16(23-14)17(12-5-7-13(19)8-6-12)20-11-3-4-15(20)18(21)22/h5-10,15,17H,2-4,11H2,1H3,(H,21,22). The van der Waals surface area contributed by atoms with Crippen LogP contribution in [0.1, 0.15) is 41.1 Å². The van der Waals surface area contributed by atoms with Gasteiger partial charge in [0.25, 0.3) is 0 Å². The van der Waals surface area contributed by atoms with Crippen LogP contribution < -0.4 is 0 Å². The average Bonchev–Trinajstić information content (AvgIpc) is 3.19. The van der Waals surface area contributed by atoms with Gasteiger partial charge in [-0.05, 0) is 49.1 Å². The van der Waals surface area contributed by atoms with Crippen molar-refractivity contribution in [1.29, 1.82) is 0 Å². The van der Waals surface area contributed by atoms with Crippen molar-refractivity contribution in [3.63, 3.8) is 0 Å². The van der Waals surface area contributed by atoms with Crippen LogP contribution in [0, 0.1) is 0 Å². The summed E-state index contributed by atoms with van der Waals surface area (Å²) in [5.41, 5.74) is 1.10. The number of carbonyl (C=O) groups is 1. The molecule has 1 aliphatic rings. The lowest BCUT2D eigenvalue weighted by atomic mass is 10.0. The predicted octanol–water partition coefficient (Wildman–Crippen LogP) is 4.60. The average molecular weight is 350 g/mol. The minimum atomic E-state index is -0.728. The molecule has 0 aliphatic carbocycles. The van der Waals surface area contributed by atoms with Crippen LogP contribution in [-0.4, -0.2) is 28.6 Å². The summed E-state index contributed by atoms with van der Waals surface area (Å²) in [5, 5.41) is 10.3. The van der Waals surface area contributed by atoms with Crippen molar-refractivity contribution in [2.45, 2.75) is 38.3 Å². The fourth-order valence-corrected chi connectivity index (χ4v) is 4.49. The molecule has 1 aromatic heterocycles. The highest BCUT2D eigenvalue weighted by atomic mass is 35.5. The summed E-state index contributed by atoms with van der Waals surface area (Å²) < 4.78 is 0. The molecule has 2 heterocycles. The molecular formula is C18H20ClNO2S. The van der Waals surface area contributed by atoms with Crippen molar-refractivity contribution >= 4 is 28.9 Å². The van der Waals surface area contributed by atoms with E-state index in [2.05, 4.69) is 24.0 Å². The minimum absolute atomic E-state index is 0.0128. The zero-order chi connectivity index (χ0) is 16.4. The van der Waals surface area contributed by atoms with Gasteiger partial charge in [-0.3, -0.25) is 9.69 Å². The number of nitrogens with zero attached hydrogens (tertiary/aromatic N) is 1. The molecule has 0 spiro atoms. The Morgan fingerprint density at radius 2 is 2.09 bits per heavy atom. The molecular weight excluding hydrogens is 330 g/mol. The van der Waals surface area contributed by atoms with Crippen molar-refractivity contribution in [2.24, 2.45) is 0 Å². The maximum absolute atomic E-state index is 11.6. The van der Waals surface area contributed by atoms with Gasteiger partial charge in [0.2, 0.25) is 0 Å². The molecule has 3 nitrogen and oxygen atoms in total. The van der Waals surface area contributed by atoms with Crippen molar-refractivity contribution < 1.29 is 9.90 Å². The quantitative estimate of drug-likeness (QED) is 0.857. The first kappa shape index (κ1) is 16.5. The van der Waals surface area contributed by atoms with Crippen molar-refractivity contribution in [1.82, 2.24) is 4.90 Å². The van der Waals surface area contributed by atoms with Gasteiger partial charge in [-0.1, -0.05) is 30.7 Å². The van der Waals surface area contributed by atoms with Gasteiger partial charge in [0, 0.05) is 21.3 Å². The molecule has 2 aromatic rings. The summed E-state index contributed by atoms with van der Waals surface area (Å²) in [7, 11) is 0. The first-order chi connectivity index (χ1) is 11.1. The lowest BCUT2D eigenvalue weighted by Crippen LogP contribution is -2.38. The van der Waals surface area contributed by atoms with Crippen LogP contribution in [-0.2, 0) is 11.2 Å². The van der Waals surface area contributed by atoms with Gasteiger partial charge < -0.3 is 5.11 Å². The molecule has 0 saturated carbocycles. The highest BCUT2D eigenvalue weighted by Crippen LogP contribution is 2.38.